The van der Waals surface area contributed by atoms with Crippen LogP contribution in [0.3, 0.4) is 0 Å². The molecule has 0 bridgehead atoms. The van der Waals surface area contributed by atoms with E-state index in [1.807, 2.05) is 12.1 Å². The maximum atomic E-state index is 13.3. The van der Waals surface area contributed by atoms with Crippen LogP contribution in [0.4, 0.5) is 11.4 Å². The number of para-hydroxylation sites is 2. The highest BCUT2D eigenvalue weighted by molar-refractivity contribution is 9.13. The number of hydrogen-bond donors (Lipinski definition) is 0. The van der Waals surface area contributed by atoms with Crippen molar-refractivity contribution in [3.05, 3.63) is 87.2 Å². The molecule has 5 nitrogen and oxygen atoms in total. The summed E-state index contributed by atoms with van der Waals surface area (Å²) in [6.07, 6.45) is 1.42. The SMILES string of the molecule is O=C1C(=Cc2cc(Br)c(Br)o2)C(=O)N(c2ccccc2)C(=S)N1c1ccccc1. The van der Waals surface area contributed by atoms with E-state index in [9.17, 15) is 9.59 Å². The first-order valence-corrected chi connectivity index (χ1v) is 10.5. The van der Waals surface area contributed by atoms with Crippen molar-refractivity contribution in [3.8, 4) is 0 Å². The number of thiocarbonyl (C=S) groups is 1. The van der Waals surface area contributed by atoms with E-state index in [1.54, 1.807) is 54.6 Å². The number of amides is 2. The molecule has 2 amide bonds. The predicted molar refractivity (Wildman–Crippen MR) is 123 cm³/mol. The smallest absolute Gasteiger partial charge is 0.270 e. The van der Waals surface area contributed by atoms with Crippen LogP contribution in [0.2, 0.25) is 0 Å². The maximum absolute atomic E-state index is 13.3. The molecule has 0 unspecified atom stereocenters. The van der Waals surface area contributed by atoms with Gasteiger partial charge in [0.1, 0.15) is 11.3 Å². The van der Waals surface area contributed by atoms with E-state index in [-0.39, 0.29) is 10.7 Å². The first-order valence-electron chi connectivity index (χ1n) is 8.47. The quantitative estimate of drug-likeness (QED) is 0.252. The van der Waals surface area contributed by atoms with Crippen LogP contribution in [0, 0.1) is 0 Å². The van der Waals surface area contributed by atoms with Gasteiger partial charge >= 0.3 is 0 Å². The zero-order valence-electron chi connectivity index (χ0n) is 14.7. The van der Waals surface area contributed by atoms with Gasteiger partial charge in [0.2, 0.25) is 0 Å². The zero-order chi connectivity index (χ0) is 20.5. The largest absolute Gasteiger partial charge is 0.449 e. The Hall–Kier alpha value is -2.55. The van der Waals surface area contributed by atoms with E-state index in [1.165, 1.54) is 15.9 Å². The standard InChI is InChI=1S/C21H12Br2N2O3S/c22-17-12-15(28-18(17)23)11-16-19(26)24(13-7-3-1-4-8-13)21(29)25(20(16)27)14-9-5-2-6-10-14/h1-12H. The minimum absolute atomic E-state index is 0.0555. The van der Waals surface area contributed by atoms with E-state index >= 15 is 0 Å². The molecule has 2 heterocycles. The average molecular weight is 532 g/mol. The van der Waals surface area contributed by atoms with Crippen molar-refractivity contribution < 1.29 is 14.0 Å². The molecule has 0 radical (unpaired) electrons. The number of anilines is 2. The fourth-order valence-corrected chi connectivity index (χ4v) is 3.90. The van der Waals surface area contributed by atoms with Gasteiger partial charge in [-0.3, -0.25) is 19.4 Å². The number of benzene rings is 2. The molecule has 2 aromatic carbocycles. The van der Waals surface area contributed by atoms with Crippen molar-refractivity contribution >= 4 is 78.5 Å². The van der Waals surface area contributed by atoms with Gasteiger partial charge in [-0.15, -0.1) is 0 Å². The van der Waals surface area contributed by atoms with Gasteiger partial charge in [-0.1, -0.05) is 36.4 Å². The third-order valence-corrected chi connectivity index (χ3v) is 6.30. The summed E-state index contributed by atoms with van der Waals surface area (Å²) in [4.78, 5) is 29.3. The molecule has 3 aromatic rings. The van der Waals surface area contributed by atoms with Gasteiger partial charge in [0.05, 0.1) is 15.8 Å². The van der Waals surface area contributed by atoms with Gasteiger partial charge in [-0.25, -0.2) is 0 Å². The van der Waals surface area contributed by atoms with Crippen LogP contribution in [0.5, 0.6) is 0 Å². The fraction of sp³-hybridized carbons (Fsp3) is 0. The van der Waals surface area contributed by atoms with Crippen molar-refractivity contribution in [1.82, 2.24) is 0 Å². The summed E-state index contributed by atoms with van der Waals surface area (Å²) in [5, 5.41) is 0.0938. The minimum atomic E-state index is -0.512. The Balaban J connectivity index is 1.87. The molecule has 1 aliphatic rings. The van der Waals surface area contributed by atoms with Crippen LogP contribution >= 0.6 is 44.1 Å². The lowest BCUT2D eigenvalue weighted by atomic mass is 10.1. The Morgan fingerprint density at radius 2 is 1.31 bits per heavy atom. The second-order valence-electron chi connectivity index (χ2n) is 6.06. The Bertz CT molecular complexity index is 1060. The topological polar surface area (TPSA) is 53.8 Å². The van der Waals surface area contributed by atoms with Crippen LogP contribution in [0.25, 0.3) is 6.08 Å². The highest BCUT2D eigenvalue weighted by Crippen LogP contribution is 2.32. The van der Waals surface area contributed by atoms with Crippen LogP contribution in [-0.2, 0) is 9.59 Å². The van der Waals surface area contributed by atoms with Gasteiger partial charge < -0.3 is 4.42 Å². The van der Waals surface area contributed by atoms with Crippen molar-refractivity contribution in [1.29, 1.82) is 0 Å². The molecule has 1 saturated heterocycles. The summed E-state index contributed by atoms with van der Waals surface area (Å²) < 4.78 is 6.69. The van der Waals surface area contributed by atoms with E-state index in [4.69, 9.17) is 16.6 Å². The number of hydrogen-bond acceptors (Lipinski definition) is 4. The van der Waals surface area contributed by atoms with Crippen LogP contribution in [0.15, 0.2) is 85.9 Å². The summed E-state index contributed by atoms with van der Waals surface area (Å²) in [6, 6.07) is 19.6. The average Bonchev–Trinajstić information content (AvgIpc) is 3.04. The second kappa shape index (κ2) is 8.06. The van der Waals surface area contributed by atoms with Crippen LogP contribution in [-0.4, -0.2) is 16.9 Å². The Morgan fingerprint density at radius 1 is 0.828 bits per heavy atom. The Labute approximate surface area is 188 Å². The van der Waals surface area contributed by atoms with Crippen LogP contribution in [0.1, 0.15) is 5.76 Å². The first-order chi connectivity index (χ1) is 14.0. The van der Waals surface area contributed by atoms with Gasteiger partial charge in [-0.05, 0) is 80.5 Å². The molecule has 1 aliphatic heterocycles. The highest BCUT2D eigenvalue weighted by atomic mass is 79.9. The van der Waals surface area contributed by atoms with Crippen LogP contribution < -0.4 is 9.80 Å². The van der Waals surface area contributed by atoms with Crippen molar-refractivity contribution in [2.75, 3.05) is 9.80 Å². The lowest BCUT2D eigenvalue weighted by Gasteiger charge is -2.36. The highest BCUT2D eigenvalue weighted by Gasteiger charge is 2.41. The van der Waals surface area contributed by atoms with Crippen molar-refractivity contribution in [2.24, 2.45) is 0 Å². The molecule has 29 heavy (non-hydrogen) atoms. The molecule has 8 heteroatoms. The molecule has 1 fully saturated rings. The van der Waals surface area contributed by atoms with Gasteiger partial charge in [0.15, 0.2) is 9.78 Å². The molecular weight excluding hydrogens is 520 g/mol. The van der Waals surface area contributed by atoms with E-state index < -0.39 is 11.8 Å². The second-order valence-corrected chi connectivity index (χ2v) is 8.00. The number of rotatable bonds is 3. The van der Waals surface area contributed by atoms with E-state index in [0.717, 1.165) is 0 Å². The normalized spacial score (nSPS) is 14.6. The maximum Gasteiger partial charge on any atom is 0.270 e. The van der Waals surface area contributed by atoms with Crippen molar-refractivity contribution in [3.63, 3.8) is 0 Å². The Kier molecular flexibility index (Phi) is 5.49. The fourth-order valence-electron chi connectivity index (χ4n) is 2.92. The number of carbonyl (C=O) groups is 2. The number of furan rings is 1. The predicted octanol–water partition coefficient (Wildman–Crippen LogP) is 5.55. The van der Waals surface area contributed by atoms with Gasteiger partial charge in [0, 0.05) is 0 Å². The van der Waals surface area contributed by atoms with E-state index in [0.29, 0.717) is 26.3 Å². The third kappa shape index (κ3) is 3.71. The minimum Gasteiger partial charge on any atom is -0.449 e. The molecular formula is C21H12Br2N2O3S. The summed E-state index contributed by atoms with van der Waals surface area (Å²) in [6.45, 7) is 0. The number of nitrogens with zero attached hydrogens (tertiary/aromatic N) is 2. The zero-order valence-corrected chi connectivity index (χ0v) is 18.7. The molecule has 4 rings (SSSR count). The monoisotopic (exact) mass is 530 g/mol. The third-order valence-electron chi connectivity index (χ3n) is 4.23. The summed E-state index contributed by atoms with van der Waals surface area (Å²) >= 11 is 12.2. The van der Waals surface area contributed by atoms with Gasteiger partial charge in [0.25, 0.3) is 11.8 Å². The first kappa shape index (κ1) is 19.8. The lowest BCUT2D eigenvalue weighted by Crippen LogP contribution is -2.56. The summed E-state index contributed by atoms with van der Waals surface area (Å²) in [7, 11) is 0. The summed E-state index contributed by atoms with van der Waals surface area (Å²) in [5.74, 6) is -0.668. The molecule has 0 aliphatic carbocycles. The van der Waals surface area contributed by atoms with Gasteiger partial charge in [-0.2, -0.15) is 0 Å². The summed E-state index contributed by atoms with van der Waals surface area (Å²) in [5.41, 5.74) is 1.09. The Morgan fingerprint density at radius 3 is 1.72 bits per heavy atom. The molecule has 0 atom stereocenters. The lowest BCUT2D eigenvalue weighted by molar-refractivity contribution is -0.120. The molecule has 144 valence electrons. The van der Waals surface area contributed by atoms with Crippen molar-refractivity contribution in [2.45, 2.75) is 0 Å². The number of carbonyl (C=O) groups excluding carboxylic acids is 2. The molecule has 0 N–H and O–H groups in total. The number of halogens is 2. The molecule has 0 spiro atoms. The molecule has 0 saturated carbocycles. The molecule has 1 aromatic heterocycles. The van der Waals surface area contributed by atoms with E-state index in [2.05, 4.69) is 31.9 Å².